The highest BCUT2D eigenvalue weighted by Gasteiger charge is 2.39. The molecule has 0 unspecified atom stereocenters. The third kappa shape index (κ3) is 5.82. The fraction of sp³-hybridized carbons (Fsp3) is 0.367. The highest BCUT2D eigenvalue weighted by atomic mass is 35.5. The quantitative estimate of drug-likeness (QED) is 0.338. The predicted octanol–water partition coefficient (Wildman–Crippen LogP) is 7.77. The Morgan fingerprint density at radius 1 is 1.00 bits per heavy atom. The van der Waals surface area contributed by atoms with Crippen LogP contribution in [-0.2, 0) is 5.41 Å². The van der Waals surface area contributed by atoms with Gasteiger partial charge in [-0.2, -0.15) is 0 Å². The van der Waals surface area contributed by atoms with Gasteiger partial charge in [-0.1, -0.05) is 94.2 Å². The minimum Gasteiger partial charge on any atom is -0.493 e. The van der Waals surface area contributed by atoms with Crippen LogP contribution in [0.15, 0.2) is 66.7 Å². The number of carbonyl (C=O) groups excluding carboxylic acids is 1. The molecule has 0 spiro atoms. The molecule has 2 atom stereocenters. The summed E-state index contributed by atoms with van der Waals surface area (Å²) >= 11 is 6.16. The zero-order valence-corrected chi connectivity index (χ0v) is 21.3. The summed E-state index contributed by atoms with van der Waals surface area (Å²) in [6.07, 6.45) is 2.93. The number of carbonyl (C=O) groups is 1. The number of benzene rings is 3. The van der Waals surface area contributed by atoms with Crippen molar-refractivity contribution in [3.8, 4) is 16.9 Å². The Morgan fingerprint density at radius 3 is 2.26 bits per heavy atom. The van der Waals surface area contributed by atoms with Crippen molar-refractivity contribution in [1.82, 2.24) is 5.32 Å². The van der Waals surface area contributed by atoms with Crippen molar-refractivity contribution in [2.45, 2.75) is 64.3 Å². The second-order valence-electron chi connectivity index (χ2n) is 10.2. The maximum absolute atomic E-state index is 13.0. The standard InChI is InChI=1S/C30H34ClNO2/c1-5-6-17-34-28-16-15-24(31)18-26(28)29(33)32-27-19-25(27)22-9-7-20(8-10-22)21-11-13-23(14-12-21)30(2,3)4/h7-16,18,25,27H,5-6,17,19H2,1-4H3,(H,32,33)/t25-,27+/m1/s1. The lowest BCUT2D eigenvalue weighted by Crippen LogP contribution is -2.27. The van der Waals surface area contributed by atoms with E-state index in [1.54, 1.807) is 18.2 Å². The van der Waals surface area contributed by atoms with Crippen LogP contribution in [0.5, 0.6) is 5.75 Å². The topological polar surface area (TPSA) is 38.3 Å². The molecule has 34 heavy (non-hydrogen) atoms. The molecule has 1 aliphatic rings. The molecule has 3 aromatic rings. The van der Waals surface area contributed by atoms with Crippen LogP contribution in [0.25, 0.3) is 11.1 Å². The van der Waals surface area contributed by atoms with E-state index in [1.807, 2.05) is 0 Å². The molecule has 4 heteroatoms. The minimum atomic E-state index is -0.128. The number of hydrogen-bond donors (Lipinski definition) is 1. The zero-order chi connectivity index (χ0) is 24.3. The number of hydrogen-bond acceptors (Lipinski definition) is 2. The van der Waals surface area contributed by atoms with Gasteiger partial charge in [-0.3, -0.25) is 4.79 Å². The van der Waals surface area contributed by atoms with Gasteiger partial charge in [-0.25, -0.2) is 0 Å². The molecule has 0 aromatic heterocycles. The van der Waals surface area contributed by atoms with Crippen LogP contribution in [0.2, 0.25) is 5.02 Å². The van der Waals surface area contributed by atoms with Crippen molar-refractivity contribution in [3.05, 3.63) is 88.4 Å². The molecule has 3 aromatic carbocycles. The predicted molar refractivity (Wildman–Crippen MR) is 141 cm³/mol. The number of amides is 1. The highest BCUT2D eigenvalue weighted by Crippen LogP contribution is 2.42. The maximum atomic E-state index is 13.0. The summed E-state index contributed by atoms with van der Waals surface area (Å²) in [4.78, 5) is 13.0. The molecule has 4 rings (SSSR count). The van der Waals surface area contributed by atoms with Crippen molar-refractivity contribution in [2.24, 2.45) is 0 Å². The van der Waals surface area contributed by atoms with E-state index in [2.05, 4.69) is 81.5 Å². The Kier molecular flexibility index (Phi) is 7.33. The highest BCUT2D eigenvalue weighted by molar-refractivity contribution is 6.31. The lowest BCUT2D eigenvalue weighted by atomic mass is 9.86. The molecule has 0 saturated heterocycles. The lowest BCUT2D eigenvalue weighted by molar-refractivity contribution is 0.0946. The van der Waals surface area contributed by atoms with Gasteiger partial charge in [0.2, 0.25) is 0 Å². The van der Waals surface area contributed by atoms with E-state index in [0.717, 1.165) is 19.3 Å². The summed E-state index contributed by atoms with van der Waals surface area (Å²) < 4.78 is 5.83. The van der Waals surface area contributed by atoms with Crippen LogP contribution in [0.4, 0.5) is 0 Å². The van der Waals surface area contributed by atoms with Crippen LogP contribution < -0.4 is 10.1 Å². The molecular formula is C30H34ClNO2. The van der Waals surface area contributed by atoms with Crippen molar-refractivity contribution in [3.63, 3.8) is 0 Å². The van der Waals surface area contributed by atoms with E-state index in [9.17, 15) is 4.79 Å². The van der Waals surface area contributed by atoms with Gasteiger partial charge in [-0.05, 0) is 58.7 Å². The largest absolute Gasteiger partial charge is 0.493 e. The number of nitrogens with one attached hydrogen (secondary N) is 1. The second-order valence-corrected chi connectivity index (χ2v) is 10.7. The Balaban J connectivity index is 1.39. The Morgan fingerprint density at radius 2 is 1.65 bits per heavy atom. The van der Waals surface area contributed by atoms with Gasteiger partial charge in [0.25, 0.3) is 5.91 Å². The molecule has 3 nitrogen and oxygen atoms in total. The first kappa shape index (κ1) is 24.3. The van der Waals surface area contributed by atoms with Gasteiger partial charge >= 0.3 is 0 Å². The van der Waals surface area contributed by atoms with Gasteiger partial charge in [-0.15, -0.1) is 0 Å². The summed E-state index contributed by atoms with van der Waals surface area (Å²) in [5, 5.41) is 3.70. The average molecular weight is 476 g/mol. The molecule has 0 aliphatic heterocycles. The summed E-state index contributed by atoms with van der Waals surface area (Å²) in [6, 6.07) is 22.9. The van der Waals surface area contributed by atoms with Gasteiger partial charge < -0.3 is 10.1 Å². The van der Waals surface area contributed by atoms with E-state index in [0.29, 0.717) is 28.9 Å². The molecule has 1 amide bonds. The van der Waals surface area contributed by atoms with E-state index in [1.165, 1.54) is 22.3 Å². The van der Waals surface area contributed by atoms with Crippen LogP contribution in [0.3, 0.4) is 0 Å². The van der Waals surface area contributed by atoms with Crippen molar-refractivity contribution < 1.29 is 9.53 Å². The zero-order valence-electron chi connectivity index (χ0n) is 20.5. The Bertz CT molecular complexity index is 1130. The lowest BCUT2D eigenvalue weighted by Gasteiger charge is -2.19. The van der Waals surface area contributed by atoms with Crippen molar-refractivity contribution >= 4 is 17.5 Å². The second kappa shape index (κ2) is 10.2. The molecule has 1 fully saturated rings. The number of rotatable bonds is 8. The summed E-state index contributed by atoms with van der Waals surface area (Å²) in [5.41, 5.74) is 5.67. The van der Waals surface area contributed by atoms with Gasteiger partial charge in [0, 0.05) is 17.0 Å². The fourth-order valence-corrected chi connectivity index (χ4v) is 4.36. The summed E-state index contributed by atoms with van der Waals surface area (Å²) in [5.74, 6) is 0.802. The molecule has 1 saturated carbocycles. The first-order valence-corrected chi connectivity index (χ1v) is 12.6. The Hall–Kier alpha value is -2.78. The van der Waals surface area contributed by atoms with Crippen LogP contribution in [0, 0.1) is 0 Å². The Labute approximate surface area is 208 Å². The van der Waals surface area contributed by atoms with E-state index in [4.69, 9.17) is 16.3 Å². The molecule has 0 radical (unpaired) electrons. The van der Waals surface area contributed by atoms with Gasteiger partial charge in [0.05, 0.1) is 12.2 Å². The molecule has 178 valence electrons. The van der Waals surface area contributed by atoms with E-state index >= 15 is 0 Å². The molecule has 1 aliphatic carbocycles. The molecule has 1 N–H and O–H groups in total. The van der Waals surface area contributed by atoms with Crippen LogP contribution >= 0.6 is 11.6 Å². The van der Waals surface area contributed by atoms with Crippen molar-refractivity contribution in [1.29, 1.82) is 0 Å². The van der Waals surface area contributed by atoms with Crippen LogP contribution in [-0.4, -0.2) is 18.6 Å². The normalized spacial score (nSPS) is 17.3. The summed E-state index contributed by atoms with van der Waals surface area (Å²) in [6.45, 7) is 9.40. The van der Waals surface area contributed by atoms with E-state index in [-0.39, 0.29) is 17.4 Å². The third-order valence-corrected chi connectivity index (χ3v) is 6.71. The minimum absolute atomic E-state index is 0.128. The fourth-order valence-electron chi connectivity index (χ4n) is 4.19. The van der Waals surface area contributed by atoms with E-state index < -0.39 is 0 Å². The smallest absolute Gasteiger partial charge is 0.255 e. The first-order chi connectivity index (χ1) is 16.3. The van der Waals surface area contributed by atoms with Gasteiger partial charge in [0.1, 0.15) is 5.75 Å². The van der Waals surface area contributed by atoms with Crippen molar-refractivity contribution in [2.75, 3.05) is 6.61 Å². The monoisotopic (exact) mass is 475 g/mol. The maximum Gasteiger partial charge on any atom is 0.255 e. The third-order valence-electron chi connectivity index (χ3n) is 6.47. The molecule has 0 heterocycles. The number of unbranched alkanes of at least 4 members (excludes halogenated alkanes) is 1. The first-order valence-electron chi connectivity index (χ1n) is 12.2. The summed E-state index contributed by atoms with van der Waals surface area (Å²) in [7, 11) is 0. The number of ether oxygens (including phenoxy) is 1. The average Bonchev–Trinajstić information content (AvgIpc) is 3.58. The van der Waals surface area contributed by atoms with Gasteiger partial charge in [0.15, 0.2) is 0 Å². The molecule has 0 bridgehead atoms. The molecular weight excluding hydrogens is 442 g/mol. The SMILES string of the molecule is CCCCOc1ccc(Cl)cc1C(=O)N[C@H]1C[C@@H]1c1ccc(-c2ccc(C(C)(C)C)cc2)cc1. The number of halogens is 1. The van der Waals surface area contributed by atoms with Crippen LogP contribution in [0.1, 0.15) is 74.4 Å².